The zero-order valence-corrected chi connectivity index (χ0v) is 20.1. The number of nitrogen functional groups attached to an aromatic ring is 1. The van der Waals surface area contributed by atoms with Gasteiger partial charge in [0.25, 0.3) is 0 Å². The van der Waals surface area contributed by atoms with Gasteiger partial charge in [0.15, 0.2) is 12.4 Å². The van der Waals surface area contributed by atoms with E-state index >= 15 is 0 Å². The van der Waals surface area contributed by atoms with Crippen molar-refractivity contribution in [3.8, 4) is 0 Å². The summed E-state index contributed by atoms with van der Waals surface area (Å²) in [6.45, 7) is 1.89. The third-order valence-corrected chi connectivity index (χ3v) is 7.91. The van der Waals surface area contributed by atoms with E-state index in [1.807, 2.05) is 54.6 Å². The number of benzene rings is 2. The van der Waals surface area contributed by atoms with Crippen LogP contribution in [0.5, 0.6) is 0 Å². The number of para-hydroxylation sites is 1. The standard InChI is InChI=1S/C25H26N6O3S/c1-2-16-8-6-7-11-18(16)27-24-29-20(28-23(26)30-24)14-34-22(33)19-15-35-25(13-12-21(32)31(19)25)17-9-4-3-5-10-17/h3-11,19H,2,12-15H2,1H3,(H3,26,27,28,29,30). The van der Waals surface area contributed by atoms with Gasteiger partial charge in [-0.2, -0.15) is 15.0 Å². The topological polar surface area (TPSA) is 123 Å². The number of amides is 1. The largest absolute Gasteiger partial charge is 0.456 e. The van der Waals surface area contributed by atoms with Crippen molar-refractivity contribution in [1.29, 1.82) is 0 Å². The van der Waals surface area contributed by atoms with Crippen molar-refractivity contribution in [2.24, 2.45) is 0 Å². The normalized spacial score (nSPS) is 21.1. The van der Waals surface area contributed by atoms with Gasteiger partial charge in [-0.25, -0.2) is 4.79 Å². The lowest BCUT2D eigenvalue weighted by molar-refractivity contribution is -0.155. The highest BCUT2D eigenvalue weighted by Crippen LogP contribution is 2.54. The van der Waals surface area contributed by atoms with Crippen LogP contribution in [0.15, 0.2) is 54.6 Å². The molecular formula is C25H26N6O3S. The van der Waals surface area contributed by atoms with E-state index in [0.29, 0.717) is 18.6 Å². The number of esters is 1. The predicted molar refractivity (Wildman–Crippen MR) is 134 cm³/mol. The van der Waals surface area contributed by atoms with Gasteiger partial charge in [0, 0.05) is 17.9 Å². The number of hydrogen-bond acceptors (Lipinski definition) is 9. The van der Waals surface area contributed by atoms with Gasteiger partial charge in [-0.05, 0) is 30.0 Å². The van der Waals surface area contributed by atoms with Gasteiger partial charge in [0.05, 0.1) is 0 Å². The van der Waals surface area contributed by atoms with E-state index in [2.05, 4.69) is 27.2 Å². The Labute approximate surface area is 207 Å². The Morgan fingerprint density at radius 2 is 1.94 bits per heavy atom. The minimum atomic E-state index is -0.664. The predicted octanol–water partition coefficient (Wildman–Crippen LogP) is 3.39. The maximum atomic E-state index is 13.1. The van der Waals surface area contributed by atoms with Crippen LogP contribution in [0.2, 0.25) is 0 Å². The van der Waals surface area contributed by atoms with E-state index in [-0.39, 0.29) is 30.2 Å². The van der Waals surface area contributed by atoms with Gasteiger partial charge in [-0.1, -0.05) is 55.5 Å². The average molecular weight is 491 g/mol. The molecule has 0 spiro atoms. The SMILES string of the molecule is CCc1ccccc1Nc1nc(N)nc(COC(=O)C2CSC3(c4ccccc4)CCC(=O)N23)n1. The zero-order chi connectivity index (χ0) is 24.4. The summed E-state index contributed by atoms with van der Waals surface area (Å²) in [5.74, 6) is 0.492. The molecule has 9 nitrogen and oxygen atoms in total. The number of carbonyl (C=O) groups excluding carboxylic acids is 2. The molecule has 0 radical (unpaired) electrons. The Morgan fingerprint density at radius 3 is 2.74 bits per heavy atom. The second-order valence-corrected chi connectivity index (χ2v) is 9.72. The second kappa shape index (κ2) is 9.53. The molecule has 2 saturated heterocycles. The third kappa shape index (κ3) is 4.41. The van der Waals surface area contributed by atoms with E-state index in [0.717, 1.165) is 23.2 Å². The lowest BCUT2D eigenvalue weighted by Gasteiger charge is -2.33. The fourth-order valence-electron chi connectivity index (χ4n) is 4.68. The molecule has 3 heterocycles. The number of hydrogen-bond donors (Lipinski definition) is 2. The van der Waals surface area contributed by atoms with E-state index in [1.165, 1.54) is 0 Å². The highest BCUT2D eigenvalue weighted by atomic mass is 32.2. The van der Waals surface area contributed by atoms with E-state index in [9.17, 15) is 9.59 Å². The molecular weight excluding hydrogens is 464 g/mol. The van der Waals surface area contributed by atoms with Crippen LogP contribution in [-0.2, 0) is 32.2 Å². The van der Waals surface area contributed by atoms with Crippen LogP contribution in [0.3, 0.4) is 0 Å². The maximum absolute atomic E-state index is 13.1. The molecule has 10 heteroatoms. The number of anilines is 3. The number of nitrogens with two attached hydrogens (primary N) is 1. The molecule has 0 bridgehead atoms. The number of nitrogens with zero attached hydrogens (tertiary/aromatic N) is 4. The number of carbonyl (C=O) groups is 2. The molecule has 1 amide bonds. The average Bonchev–Trinajstić information content (AvgIpc) is 3.42. The summed E-state index contributed by atoms with van der Waals surface area (Å²) in [5, 5.41) is 3.17. The molecule has 2 unspecified atom stereocenters. The van der Waals surface area contributed by atoms with Crippen LogP contribution >= 0.6 is 11.8 Å². The van der Waals surface area contributed by atoms with Crippen molar-refractivity contribution < 1.29 is 14.3 Å². The Bertz CT molecular complexity index is 1260. The van der Waals surface area contributed by atoms with Crippen molar-refractivity contribution in [3.05, 3.63) is 71.5 Å². The molecule has 2 fully saturated rings. The summed E-state index contributed by atoms with van der Waals surface area (Å²) in [6, 6.07) is 17.0. The zero-order valence-electron chi connectivity index (χ0n) is 19.3. The first kappa shape index (κ1) is 23.1. The molecule has 2 atom stereocenters. The van der Waals surface area contributed by atoms with Crippen molar-refractivity contribution in [2.75, 3.05) is 16.8 Å². The van der Waals surface area contributed by atoms with Crippen molar-refractivity contribution in [3.63, 3.8) is 0 Å². The van der Waals surface area contributed by atoms with Gasteiger partial charge in [-0.3, -0.25) is 4.79 Å². The number of aryl methyl sites for hydroxylation is 1. The first-order valence-corrected chi connectivity index (χ1v) is 12.5. The number of thioether (sulfide) groups is 1. The van der Waals surface area contributed by atoms with Crippen molar-refractivity contribution in [2.45, 2.75) is 43.7 Å². The Hall–Kier alpha value is -3.66. The summed E-state index contributed by atoms with van der Waals surface area (Å²) < 4.78 is 5.57. The van der Waals surface area contributed by atoms with Gasteiger partial charge in [0.2, 0.25) is 17.8 Å². The van der Waals surface area contributed by atoms with Crippen molar-refractivity contribution in [1.82, 2.24) is 19.9 Å². The number of fused-ring (bicyclic) bond motifs is 1. The van der Waals surface area contributed by atoms with Crippen LogP contribution in [-0.4, -0.2) is 43.5 Å². The fraction of sp³-hybridized carbons (Fsp3) is 0.320. The number of aromatic nitrogens is 3. The fourth-order valence-corrected chi connectivity index (χ4v) is 6.31. The Morgan fingerprint density at radius 1 is 1.17 bits per heavy atom. The molecule has 35 heavy (non-hydrogen) atoms. The Balaban J connectivity index is 1.30. The first-order valence-electron chi connectivity index (χ1n) is 11.5. The smallest absolute Gasteiger partial charge is 0.330 e. The molecule has 5 rings (SSSR count). The van der Waals surface area contributed by atoms with E-state index < -0.39 is 16.9 Å². The molecule has 2 aliphatic rings. The second-order valence-electron chi connectivity index (χ2n) is 8.42. The summed E-state index contributed by atoms with van der Waals surface area (Å²) in [7, 11) is 0. The number of nitrogens with one attached hydrogen (secondary N) is 1. The molecule has 180 valence electrons. The first-order chi connectivity index (χ1) is 17.0. The minimum Gasteiger partial charge on any atom is -0.456 e. The van der Waals surface area contributed by atoms with Gasteiger partial charge in [0.1, 0.15) is 10.9 Å². The highest BCUT2D eigenvalue weighted by Gasteiger charge is 2.57. The van der Waals surface area contributed by atoms with Crippen LogP contribution in [0.1, 0.15) is 36.7 Å². The monoisotopic (exact) mass is 490 g/mol. The summed E-state index contributed by atoms with van der Waals surface area (Å²) in [6.07, 6.45) is 1.92. The van der Waals surface area contributed by atoms with Gasteiger partial charge in [-0.15, -0.1) is 11.8 Å². The summed E-state index contributed by atoms with van der Waals surface area (Å²) >= 11 is 1.62. The van der Waals surface area contributed by atoms with Crippen LogP contribution < -0.4 is 11.1 Å². The molecule has 2 aliphatic heterocycles. The lowest BCUT2D eigenvalue weighted by Crippen LogP contribution is -2.46. The number of rotatable bonds is 7. The quantitative estimate of drug-likeness (QED) is 0.480. The van der Waals surface area contributed by atoms with Crippen molar-refractivity contribution >= 4 is 41.2 Å². The molecule has 2 aromatic carbocycles. The van der Waals surface area contributed by atoms with Crippen LogP contribution in [0, 0.1) is 0 Å². The molecule has 3 N–H and O–H groups in total. The van der Waals surface area contributed by atoms with Gasteiger partial charge < -0.3 is 20.7 Å². The molecule has 1 aromatic heterocycles. The molecule has 0 aliphatic carbocycles. The van der Waals surface area contributed by atoms with E-state index in [4.69, 9.17) is 10.5 Å². The molecule has 0 saturated carbocycles. The summed E-state index contributed by atoms with van der Waals surface area (Å²) in [4.78, 5) is 39.7. The Kier molecular flexibility index (Phi) is 6.29. The lowest BCUT2D eigenvalue weighted by atomic mass is 10.0. The third-order valence-electron chi connectivity index (χ3n) is 6.31. The van der Waals surface area contributed by atoms with Crippen LogP contribution in [0.25, 0.3) is 0 Å². The maximum Gasteiger partial charge on any atom is 0.330 e. The van der Waals surface area contributed by atoms with Crippen LogP contribution in [0.4, 0.5) is 17.6 Å². The number of ether oxygens (including phenoxy) is 1. The summed E-state index contributed by atoms with van der Waals surface area (Å²) in [5.41, 5.74) is 8.89. The van der Waals surface area contributed by atoms with Gasteiger partial charge >= 0.3 is 5.97 Å². The van der Waals surface area contributed by atoms with E-state index in [1.54, 1.807) is 16.7 Å². The highest BCUT2D eigenvalue weighted by molar-refractivity contribution is 8.00. The molecule has 3 aromatic rings. The minimum absolute atomic E-state index is 0.0248.